The number of benzene rings is 1. The van der Waals surface area contributed by atoms with Gasteiger partial charge in [-0.1, -0.05) is 18.2 Å². The molecular weight excluding hydrogens is 322 g/mol. The quantitative estimate of drug-likeness (QED) is 0.629. The summed E-state index contributed by atoms with van der Waals surface area (Å²) in [5, 5.41) is 0. The SMILES string of the molecule is Nc1cc(/C=C/c2cncc(C(F)(F)F)c2)ccc1C(F)(F)F. The first kappa shape index (κ1) is 16.9. The Kier molecular flexibility index (Phi) is 4.35. The van der Waals surface area contributed by atoms with Gasteiger partial charge >= 0.3 is 12.4 Å². The molecular formula is C15H10F6N2. The average Bonchev–Trinajstić information content (AvgIpc) is 2.43. The number of nitrogens with zero attached hydrogens (tertiary/aromatic N) is 1. The van der Waals surface area contributed by atoms with E-state index >= 15 is 0 Å². The molecule has 0 spiro atoms. The van der Waals surface area contributed by atoms with Crippen LogP contribution in [0.3, 0.4) is 0 Å². The molecule has 0 radical (unpaired) electrons. The van der Waals surface area contributed by atoms with Gasteiger partial charge in [-0.25, -0.2) is 0 Å². The highest BCUT2D eigenvalue weighted by Gasteiger charge is 2.32. The summed E-state index contributed by atoms with van der Waals surface area (Å²) in [7, 11) is 0. The zero-order valence-corrected chi connectivity index (χ0v) is 11.4. The molecule has 122 valence electrons. The van der Waals surface area contributed by atoms with Crippen LogP contribution < -0.4 is 5.73 Å². The monoisotopic (exact) mass is 332 g/mol. The van der Waals surface area contributed by atoms with Crippen LogP contribution >= 0.6 is 0 Å². The van der Waals surface area contributed by atoms with Crippen molar-refractivity contribution in [2.45, 2.75) is 12.4 Å². The molecule has 0 fully saturated rings. The predicted molar refractivity (Wildman–Crippen MR) is 74.0 cm³/mol. The van der Waals surface area contributed by atoms with Gasteiger partial charge in [-0.15, -0.1) is 0 Å². The molecule has 2 aromatic rings. The van der Waals surface area contributed by atoms with Crippen LogP contribution in [0.5, 0.6) is 0 Å². The summed E-state index contributed by atoms with van der Waals surface area (Å²) in [5.74, 6) is 0. The van der Waals surface area contributed by atoms with Gasteiger partial charge in [0.25, 0.3) is 0 Å². The van der Waals surface area contributed by atoms with Crippen molar-refractivity contribution in [3.63, 3.8) is 0 Å². The Morgan fingerprint density at radius 3 is 2.04 bits per heavy atom. The lowest BCUT2D eigenvalue weighted by atomic mass is 10.1. The van der Waals surface area contributed by atoms with E-state index in [0.717, 1.165) is 18.2 Å². The van der Waals surface area contributed by atoms with E-state index in [1.807, 2.05) is 0 Å². The number of rotatable bonds is 2. The molecule has 0 aliphatic rings. The molecule has 0 bridgehead atoms. The van der Waals surface area contributed by atoms with Crippen LogP contribution in [0.4, 0.5) is 32.0 Å². The Morgan fingerprint density at radius 2 is 1.48 bits per heavy atom. The Labute approximate surface area is 127 Å². The fraction of sp³-hybridized carbons (Fsp3) is 0.133. The molecule has 0 unspecified atom stereocenters. The number of nitrogens with two attached hydrogens (primary N) is 1. The largest absolute Gasteiger partial charge is 0.418 e. The Bertz CT molecular complexity index is 731. The van der Waals surface area contributed by atoms with Crippen LogP contribution in [0, 0.1) is 0 Å². The van der Waals surface area contributed by atoms with Crippen molar-refractivity contribution in [1.82, 2.24) is 4.98 Å². The smallest absolute Gasteiger partial charge is 0.398 e. The summed E-state index contributed by atoms with van der Waals surface area (Å²) in [5.41, 5.74) is 3.50. The zero-order chi connectivity index (χ0) is 17.3. The van der Waals surface area contributed by atoms with Gasteiger partial charge in [0.05, 0.1) is 11.1 Å². The third-order valence-electron chi connectivity index (χ3n) is 2.94. The number of hydrogen-bond donors (Lipinski definition) is 1. The summed E-state index contributed by atoms with van der Waals surface area (Å²) in [6, 6.07) is 3.98. The molecule has 1 heterocycles. The minimum Gasteiger partial charge on any atom is -0.398 e. The van der Waals surface area contributed by atoms with E-state index in [9.17, 15) is 26.3 Å². The van der Waals surface area contributed by atoms with Gasteiger partial charge in [-0.05, 0) is 29.3 Å². The van der Waals surface area contributed by atoms with Gasteiger partial charge in [-0.2, -0.15) is 26.3 Å². The van der Waals surface area contributed by atoms with E-state index in [1.165, 1.54) is 24.4 Å². The minimum atomic E-state index is -4.56. The molecule has 0 saturated heterocycles. The van der Waals surface area contributed by atoms with E-state index < -0.39 is 29.2 Å². The van der Waals surface area contributed by atoms with Gasteiger partial charge < -0.3 is 5.73 Å². The normalized spacial score (nSPS) is 12.8. The van der Waals surface area contributed by atoms with Crippen molar-refractivity contribution in [3.8, 4) is 0 Å². The fourth-order valence-electron chi connectivity index (χ4n) is 1.84. The van der Waals surface area contributed by atoms with Gasteiger partial charge in [0, 0.05) is 18.1 Å². The first-order valence-corrected chi connectivity index (χ1v) is 6.24. The second kappa shape index (κ2) is 5.94. The van der Waals surface area contributed by atoms with Crippen molar-refractivity contribution in [2.24, 2.45) is 0 Å². The molecule has 0 amide bonds. The molecule has 23 heavy (non-hydrogen) atoms. The summed E-state index contributed by atoms with van der Waals surface area (Å²) >= 11 is 0. The van der Waals surface area contributed by atoms with Crippen LogP contribution in [0.2, 0.25) is 0 Å². The van der Waals surface area contributed by atoms with Crippen LogP contribution in [0.25, 0.3) is 12.2 Å². The Hall–Kier alpha value is -2.51. The maximum absolute atomic E-state index is 12.6. The molecule has 1 aromatic carbocycles. The first-order chi connectivity index (χ1) is 10.6. The highest BCUT2D eigenvalue weighted by atomic mass is 19.4. The zero-order valence-electron chi connectivity index (χ0n) is 11.4. The fourth-order valence-corrected chi connectivity index (χ4v) is 1.84. The summed E-state index contributed by atoms with van der Waals surface area (Å²) in [6.07, 6.45) is -4.52. The minimum absolute atomic E-state index is 0.165. The summed E-state index contributed by atoms with van der Waals surface area (Å²) in [6.45, 7) is 0. The highest BCUT2D eigenvalue weighted by Crippen LogP contribution is 2.34. The molecule has 0 atom stereocenters. The van der Waals surface area contributed by atoms with E-state index in [2.05, 4.69) is 4.98 Å². The summed E-state index contributed by atoms with van der Waals surface area (Å²) in [4.78, 5) is 3.48. The molecule has 1 aromatic heterocycles. The first-order valence-electron chi connectivity index (χ1n) is 6.24. The van der Waals surface area contributed by atoms with Crippen molar-refractivity contribution in [3.05, 3.63) is 58.9 Å². The molecule has 0 aliphatic carbocycles. The topological polar surface area (TPSA) is 38.9 Å². The third-order valence-corrected chi connectivity index (χ3v) is 2.94. The third kappa shape index (κ3) is 4.24. The molecule has 0 aliphatic heterocycles. The number of alkyl halides is 6. The van der Waals surface area contributed by atoms with Crippen LogP contribution in [-0.2, 0) is 12.4 Å². The lowest BCUT2D eigenvalue weighted by molar-refractivity contribution is -0.138. The number of hydrogen-bond acceptors (Lipinski definition) is 2. The van der Waals surface area contributed by atoms with Gasteiger partial charge in [-0.3, -0.25) is 4.98 Å². The number of pyridine rings is 1. The Morgan fingerprint density at radius 1 is 0.826 bits per heavy atom. The molecule has 0 saturated carbocycles. The van der Waals surface area contributed by atoms with Gasteiger partial charge in [0.1, 0.15) is 0 Å². The van der Waals surface area contributed by atoms with Crippen LogP contribution in [0.15, 0.2) is 36.7 Å². The van der Waals surface area contributed by atoms with Crippen molar-refractivity contribution < 1.29 is 26.3 Å². The molecule has 2 nitrogen and oxygen atoms in total. The maximum atomic E-state index is 12.6. The molecule has 2 N–H and O–H groups in total. The van der Waals surface area contributed by atoms with Crippen LogP contribution in [-0.4, -0.2) is 4.98 Å². The number of nitrogen functional groups attached to an aromatic ring is 1. The number of halogens is 6. The second-order valence-electron chi connectivity index (χ2n) is 4.68. The lowest BCUT2D eigenvalue weighted by Gasteiger charge is -2.10. The highest BCUT2D eigenvalue weighted by molar-refractivity contribution is 5.71. The van der Waals surface area contributed by atoms with E-state index in [0.29, 0.717) is 11.8 Å². The Balaban J connectivity index is 2.26. The predicted octanol–water partition coefficient (Wildman–Crippen LogP) is 4.87. The van der Waals surface area contributed by atoms with Crippen molar-refractivity contribution in [1.29, 1.82) is 0 Å². The van der Waals surface area contributed by atoms with Crippen LogP contribution in [0.1, 0.15) is 22.3 Å². The van der Waals surface area contributed by atoms with Gasteiger partial charge in [0.15, 0.2) is 0 Å². The van der Waals surface area contributed by atoms with E-state index in [1.54, 1.807) is 0 Å². The second-order valence-corrected chi connectivity index (χ2v) is 4.68. The number of anilines is 1. The molecule has 2 rings (SSSR count). The van der Waals surface area contributed by atoms with E-state index in [4.69, 9.17) is 5.73 Å². The number of aromatic nitrogens is 1. The van der Waals surface area contributed by atoms with Crippen molar-refractivity contribution in [2.75, 3.05) is 5.73 Å². The van der Waals surface area contributed by atoms with E-state index in [-0.39, 0.29) is 5.56 Å². The lowest BCUT2D eigenvalue weighted by Crippen LogP contribution is -2.08. The average molecular weight is 332 g/mol. The van der Waals surface area contributed by atoms with Crippen molar-refractivity contribution >= 4 is 17.8 Å². The molecule has 8 heteroatoms. The van der Waals surface area contributed by atoms with Gasteiger partial charge in [0.2, 0.25) is 0 Å². The standard InChI is InChI=1S/C15H10F6N2/c16-14(17,18)11-5-10(7-23-8-11)2-1-9-3-4-12(13(22)6-9)15(19,20)21/h1-8H,22H2/b2-1+. The maximum Gasteiger partial charge on any atom is 0.418 e. The summed E-state index contributed by atoms with van der Waals surface area (Å²) < 4.78 is 75.4.